The minimum absolute atomic E-state index is 0.113. The molecular formula is C9H10ClNOS. The van der Waals surface area contributed by atoms with Crippen LogP contribution in [0.3, 0.4) is 0 Å². The number of amides is 1. The standard InChI is InChI=1S/C9H10ClNOS/c1-9(2)7(11-8(9)12)5-3-4-6(10)13-5/h3-4,7H,1-2H3,(H,11,12). The first-order valence-electron chi connectivity index (χ1n) is 4.08. The molecular weight excluding hydrogens is 206 g/mol. The second kappa shape index (κ2) is 2.72. The van der Waals surface area contributed by atoms with Crippen molar-refractivity contribution < 1.29 is 4.79 Å². The Morgan fingerprint density at radius 2 is 2.23 bits per heavy atom. The molecule has 1 N–H and O–H groups in total. The third-order valence-electron chi connectivity index (χ3n) is 2.46. The number of hydrogen-bond donors (Lipinski definition) is 1. The van der Waals surface area contributed by atoms with Gasteiger partial charge in [-0.15, -0.1) is 11.3 Å². The number of carbonyl (C=O) groups is 1. The number of β-lactam (4-membered cyclic amide) rings is 1. The van der Waals surface area contributed by atoms with E-state index in [0.717, 1.165) is 9.21 Å². The number of thiophene rings is 1. The van der Waals surface area contributed by atoms with Crippen molar-refractivity contribution in [3.63, 3.8) is 0 Å². The predicted molar refractivity (Wildman–Crippen MR) is 54.0 cm³/mol. The molecule has 1 atom stereocenters. The highest BCUT2D eigenvalue weighted by Crippen LogP contribution is 2.44. The summed E-state index contributed by atoms with van der Waals surface area (Å²) in [5, 5.41) is 2.88. The van der Waals surface area contributed by atoms with E-state index in [1.807, 2.05) is 26.0 Å². The molecule has 2 nitrogen and oxygen atoms in total. The molecule has 1 aliphatic heterocycles. The van der Waals surface area contributed by atoms with Crippen LogP contribution in [0.5, 0.6) is 0 Å². The van der Waals surface area contributed by atoms with E-state index in [4.69, 9.17) is 11.6 Å². The van der Waals surface area contributed by atoms with Crippen molar-refractivity contribution in [2.75, 3.05) is 0 Å². The molecule has 0 aromatic carbocycles. The molecule has 4 heteroatoms. The van der Waals surface area contributed by atoms with E-state index in [1.165, 1.54) is 11.3 Å². The fourth-order valence-electron chi connectivity index (χ4n) is 1.46. The average molecular weight is 216 g/mol. The van der Waals surface area contributed by atoms with E-state index >= 15 is 0 Å². The van der Waals surface area contributed by atoms with Crippen LogP contribution in [0.25, 0.3) is 0 Å². The first-order chi connectivity index (χ1) is 6.01. The molecule has 0 radical (unpaired) electrons. The number of nitrogens with one attached hydrogen (secondary N) is 1. The van der Waals surface area contributed by atoms with Crippen LogP contribution in [-0.4, -0.2) is 5.91 Å². The van der Waals surface area contributed by atoms with E-state index in [1.54, 1.807) is 0 Å². The summed E-state index contributed by atoms with van der Waals surface area (Å²) >= 11 is 7.35. The molecule has 1 aromatic rings. The van der Waals surface area contributed by atoms with E-state index in [9.17, 15) is 4.79 Å². The summed E-state index contributed by atoms with van der Waals surface area (Å²) in [6.45, 7) is 3.90. The highest BCUT2D eigenvalue weighted by molar-refractivity contribution is 7.16. The molecule has 2 heterocycles. The zero-order valence-corrected chi connectivity index (χ0v) is 9.00. The van der Waals surface area contributed by atoms with Gasteiger partial charge in [-0.25, -0.2) is 0 Å². The highest BCUT2D eigenvalue weighted by Gasteiger charge is 2.48. The lowest BCUT2D eigenvalue weighted by atomic mass is 9.75. The SMILES string of the molecule is CC1(C)C(=O)NC1c1ccc(Cl)s1. The van der Waals surface area contributed by atoms with E-state index < -0.39 is 0 Å². The zero-order valence-electron chi connectivity index (χ0n) is 7.43. The lowest BCUT2D eigenvalue weighted by Crippen LogP contribution is -2.57. The summed E-state index contributed by atoms with van der Waals surface area (Å²) in [6, 6.07) is 3.97. The maximum atomic E-state index is 11.2. The van der Waals surface area contributed by atoms with Crippen molar-refractivity contribution in [2.24, 2.45) is 5.41 Å². The Balaban J connectivity index is 2.26. The van der Waals surface area contributed by atoms with Gasteiger partial charge in [-0.1, -0.05) is 11.6 Å². The van der Waals surface area contributed by atoms with E-state index in [-0.39, 0.29) is 17.4 Å². The minimum Gasteiger partial charge on any atom is -0.347 e. The third kappa shape index (κ3) is 1.27. The zero-order chi connectivity index (χ0) is 9.64. The molecule has 1 aromatic heterocycles. The van der Waals surface area contributed by atoms with Crippen molar-refractivity contribution >= 4 is 28.8 Å². The van der Waals surface area contributed by atoms with Gasteiger partial charge in [0.05, 0.1) is 15.8 Å². The van der Waals surface area contributed by atoms with Crippen LogP contribution in [0.15, 0.2) is 12.1 Å². The third-order valence-corrected chi connectivity index (χ3v) is 3.76. The summed E-state index contributed by atoms with van der Waals surface area (Å²) in [7, 11) is 0. The minimum atomic E-state index is -0.284. The van der Waals surface area contributed by atoms with Crippen molar-refractivity contribution in [3.8, 4) is 0 Å². The molecule has 13 heavy (non-hydrogen) atoms. The topological polar surface area (TPSA) is 29.1 Å². The number of rotatable bonds is 1. The first-order valence-corrected chi connectivity index (χ1v) is 5.27. The maximum absolute atomic E-state index is 11.2. The monoisotopic (exact) mass is 215 g/mol. The van der Waals surface area contributed by atoms with Crippen molar-refractivity contribution in [1.82, 2.24) is 5.32 Å². The van der Waals surface area contributed by atoms with Crippen LogP contribution in [0.4, 0.5) is 0 Å². The quantitative estimate of drug-likeness (QED) is 0.717. The molecule has 70 valence electrons. The van der Waals surface area contributed by atoms with Gasteiger partial charge in [-0.05, 0) is 26.0 Å². The van der Waals surface area contributed by atoms with Gasteiger partial charge in [-0.2, -0.15) is 0 Å². The molecule has 1 saturated heterocycles. The largest absolute Gasteiger partial charge is 0.347 e. The van der Waals surface area contributed by atoms with Crippen molar-refractivity contribution in [1.29, 1.82) is 0 Å². The first kappa shape index (κ1) is 9.03. The molecule has 0 aliphatic carbocycles. The normalized spacial score (nSPS) is 25.2. The lowest BCUT2D eigenvalue weighted by Gasteiger charge is -2.43. The van der Waals surface area contributed by atoms with Crippen LogP contribution < -0.4 is 5.32 Å². The Morgan fingerprint density at radius 1 is 1.54 bits per heavy atom. The van der Waals surface area contributed by atoms with Gasteiger partial charge >= 0.3 is 0 Å². The van der Waals surface area contributed by atoms with Crippen molar-refractivity contribution in [2.45, 2.75) is 19.9 Å². The average Bonchev–Trinajstić information content (AvgIpc) is 2.47. The molecule has 1 fully saturated rings. The molecule has 1 amide bonds. The summed E-state index contributed by atoms with van der Waals surface area (Å²) < 4.78 is 0.770. The Bertz CT molecular complexity index is 358. The molecule has 0 saturated carbocycles. The van der Waals surface area contributed by atoms with Gasteiger partial charge in [0.15, 0.2) is 0 Å². The highest BCUT2D eigenvalue weighted by atomic mass is 35.5. The molecule has 1 unspecified atom stereocenters. The lowest BCUT2D eigenvalue weighted by molar-refractivity contribution is -0.142. The smallest absolute Gasteiger partial charge is 0.228 e. The second-order valence-electron chi connectivity index (χ2n) is 3.77. The number of halogens is 1. The van der Waals surface area contributed by atoms with Gasteiger partial charge < -0.3 is 5.32 Å². The molecule has 1 aliphatic rings. The van der Waals surface area contributed by atoms with Crippen LogP contribution in [0.2, 0.25) is 4.34 Å². The summed E-state index contributed by atoms with van der Waals surface area (Å²) in [5.41, 5.74) is -0.284. The maximum Gasteiger partial charge on any atom is 0.228 e. The van der Waals surface area contributed by atoms with Crippen LogP contribution >= 0.6 is 22.9 Å². The summed E-state index contributed by atoms with van der Waals surface area (Å²) in [5.74, 6) is 0.113. The Hall–Kier alpha value is -0.540. The van der Waals surface area contributed by atoms with Crippen LogP contribution in [0, 0.1) is 5.41 Å². The molecule has 0 bridgehead atoms. The molecule has 0 spiro atoms. The van der Waals surface area contributed by atoms with Crippen LogP contribution in [0.1, 0.15) is 24.8 Å². The summed E-state index contributed by atoms with van der Waals surface area (Å²) in [6.07, 6.45) is 0. The van der Waals surface area contributed by atoms with E-state index in [0.29, 0.717) is 0 Å². The fourth-order valence-corrected chi connectivity index (χ4v) is 2.76. The number of hydrogen-bond acceptors (Lipinski definition) is 2. The Kier molecular flexibility index (Phi) is 1.89. The van der Waals surface area contributed by atoms with Gasteiger partial charge in [0.1, 0.15) is 0 Å². The summed E-state index contributed by atoms with van der Waals surface area (Å²) in [4.78, 5) is 12.3. The van der Waals surface area contributed by atoms with E-state index in [2.05, 4.69) is 5.32 Å². The van der Waals surface area contributed by atoms with Gasteiger partial charge in [0, 0.05) is 4.88 Å². The molecule has 2 rings (SSSR count). The fraction of sp³-hybridized carbons (Fsp3) is 0.444. The van der Waals surface area contributed by atoms with Crippen LogP contribution in [-0.2, 0) is 4.79 Å². The number of carbonyl (C=O) groups excluding carboxylic acids is 1. The van der Waals surface area contributed by atoms with Crippen molar-refractivity contribution in [3.05, 3.63) is 21.3 Å². The van der Waals surface area contributed by atoms with Gasteiger partial charge in [0.25, 0.3) is 0 Å². The van der Waals surface area contributed by atoms with Gasteiger partial charge in [0.2, 0.25) is 5.91 Å². The second-order valence-corrected chi connectivity index (χ2v) is 5.52. The predicted octanol–water partition coefficient (Wildman–Crippen LogP) is 2.60. The Labute approximate surface area is 85.9 Å². The Morgan fingerprint density at radius 3 is 2.62 bits per heavy atom. The van der Waals surface area contributed by atoms with Gasteiger partial charge in [-0.3, -0.25) is 4.79 Å².